The Morgan fingerprint density at radius 3 is 2.74 bits per heavy atom. The summed E-state index contributed by atoms with van der Waals surface area (Å²) in [6.45, 7) is 1.01. The number of ether oxygens (including phenoxy) is 2. The molecule has 202 valence electrons. The van der Waals surface area contributed by atoms with Crippen molar-refractivity contribution in [3.63, 3.8) is 0 Å². The normalized spacial score (nSPS) is 23.8. The second kappa shape index (κ2) is 11.9. The van der Waals surface area contributed by atoms with Crippen LogP contribution in [0.25, 0.3) is 0 Å². The minimum atomic E-state index is -0.416. The lowest BCUT2D eigenvalue weighted by Gasteiger charge is -2.42. The van der Waals surface area contributed by atoms with Crippen molar-refractivity contribution in [3.05, 3.63) is 48.0 Å². The van der Waals surface area contributed by atoms with E-state index in [0.29, 0.717) is 35.8 Å². The molecule has 1 aromatic heterocycles. The maximum atomic E-state index is 13.4. The number of anilines is 1. The molecule has 3 heterocycles. The van der Waals surface area contributed by atoms with E-state index in [0.717, 1.165) is 13.0 Å². The van der Waals surface area contributed by atoms with Crippen LogP contribution in [0.3, 0.4) is 0 Å². The van der Waals surface area contributed by atoms with Gasteiger partial charge in [0.2, 0.25) is 5.91 Å². The first kappa shape index (κ1) is 26.1. The van der Waals surface area contributed by atoms with Crippen LogP contribution >= 0.6 is 0 Å². The molecule has 2 aromatic rings. The topological polar surface area (TPSA) is 123 Å². The van der Waals surface area contributed by atoms with Gasteiger partial charge in [0.1, 0.15) is 24.2 Å². The van der Waals surface area contributed by atoms with Crippen LogP contribution in [0.2, 0.25) is 0 Å². The number of nitrogens with zero attached hydrogens (tertiary/aromatic N) is 3. The summed E-state index contributed by atoms with van der Waals surface area (Å²) in [7, 11) is 1.76. The monoisotopic (exact) mass is 521 g/mol. The minimum absolute atomic E-state index is 0.0247. The van der Waals surface area contributed by atoms with Gasteiger partial charge >= 0.3 is 0 Å². The third kappa shape index (κ3) is 6.12. The van der Waals surface area contributed by atoms with Crippen LogP contribution < -0.4 is 15.4 Å². The number of hydrogen-bond acceptors (Lipinski definition) is 7. The highest BCUT2D eigenvalue weighted by molar-refractivity contribution is 6.04. The van der Waals surface area contributed by atoms with Crippen LogP contribution in [0, 0.1) is 5.92 Å². The van der Waals surface area contributed by atoms with Crippen LogP contribution in [-0.4, -0.2) is 71.0 Å². The van der Waals surface area contributed by atoms with Crippen LogP contribution in [0.1, 0.15) is 72.2 Å². The van der Waals surface area contributed by atoms with Gasteiger partial charge in [-0.15, -0.1) is 0 Å². The van der Waals surface area contributed by atoms with E-state index < -0.39 is 5.91 Å². The van der Waals surface area contributed by atoms with Crippen molar-refractivity contribution < 1.29 is 23.9 Å². The van der Waals surface area contributed by atoms with E-state index in [9.17, 15) is 14.4 Å². The van der Waals surface area contributed by atoms with Gasteiger partial charge in [0.05, 0.1) is 30.3 Å². The fourth-order valence-electron chi connectivity index (χ4n) is 5.65. The molecule has 2 fully saturated rings. The van der Waals surface area contributed by atoms with E-state index in [1.165, 1.54) is 50.7 Å². The van der Waals surface area contributed by atoms with Crippen LogP contribution in [0.5, 0.6) is 5.75 Å². The Kier molecular flexibility index (Phi) is 8.17. The molecule has 38 heavy (non-hydrogen) atoms. The lowest BCUT2D eigenvalue weighted by molar-refractivity contribution is -0.134. The molecule has 1 aliphatic carbocycles. The summed E-state index contributed by atoms with van der Waals surface area (Å²) in [5.74, 6) is 0.409. The maximum absolute atomic E-state index is 13.4. The lowest BCUT2D eigenvalue weighted by Crippen LogP contribution is -2.54. The smallest absolute Gasteiger partial charge is 0.275 e. The largest absolute Gasteiger partial charge is 0.490 e. The van der Waals surface area contributed by atoms with Gasteiger partial charge in [-0.3, -0.25) is 19.4 Å². The molecular formula is C28H35N5O5. The molecule has 3 atom stereocenters. The van der Waals surface area contributed by atoms with E-state index in [2.05, 4.69) is 20.6 Å². The standard InChI is InChI=1S/C28H35N5O5/c1-33-23-9-8-20(14-26(34)31-15-18-5-3-2-4-6-18)38-25(23)17-37-24-10-7-19(13-21(24)28(33)36)32-27(35)22-16-29-11-12-30-22/h7,10-13,16,18,20,23,25H,2-6,8-9,14-15,17H2,1H3,(H,31,34)(H,32,35)/t20-,23+,25-/m0/s1. The van der Waals surface area contributed by atoms with E-state index in [1.54, 1.807) is 30.1 Å². The zero-order chi connectivity index (χ0) is 26.5. The third-order valence-electron chi connectivity index (χ3n) is 7.79. The number of fused-ring (bicyclic) bond motifs is 2. The Morgan fingerprint density at radius 2 is 1.95 bits per heavy atom. The molecule has 0 bridgehead atoms. The number of rotatable bonds is 6. The molecule has 0 radical (unpaired) electrons. The Bertz CT molecular complexity index is 1150. The summed E-state index contributed by atoms with van der Waals surface area (Å²) < 4.78 is 12.3. The number of hydrogen-bond donors (Lipinski definition) is 2. The zero-order valence-corrected chi connectivity index (χ0v) is 21.7. The van der Waals surface area contributed by atoms with Crippen molar-refractivity contribution in [2.45, 2.75) is 69.6 Å². The molecular weight excluding hydrogens is 486 g/mol. The number of amides is 3. The van der Waals surface area contributed by atoms with Crippen molar-refractivity contribution in [2.24, 2.45) is 5.92 Å². The molecule has 5 rings (SSSR count). The number of nitrogens with one attached hydrogen (secondary N) is 2. The number of benzene rings is 1. The molecule has 1 saturated heterocycles. The average Bonchev–Trinajstić information content (AvgIpc) is 2.95. The van der Waals surface area contributed by atoms with Gasteiger partial charge < -0.3 is 25.0 Å². The first-order valence-electron chi connectivity index (χ1n) is 13.5. The maximum Gasteiger partial charge on any atom is 0.275 e. The molecule has 0 unspecified atom stereocenters. The number of likely N-dealkylation sites (N-methyl/N-ethyl adjacent to an activating group) is 1. The second-order valence-electron chi connectivity index (χ2n) is 10.4. The van der Waals surface area contributed by atoms with Crippen molar-refractivity contribution >= 4 is 23.4 Å². The first-order valence-corrected chi connectivity index (χ1v) is 13.5. The molecule has 10 nitrogen and oxygen atoms in total. The molecule has 10 heteroatoms. The molecule has 2 N–H and O–H groups in total. The average molecular weight is 522 g/mol. The van der Waals surface area contributed by atoms with Gasteiger partial charge in [0, 0.05) is 31.7 Å². The van der Waals surface area contributed by atoms with Gasteiger partial charge in [-0.05, 0) is 49.8 Å². The first-order chi connectivity index (χ1) is 18.5. The van der Waals surface area contributed by atoms with E-state index in [4.69, 9.17) is 9.47 Å². The predicted octanol–water partition coefficient (Wildman–Crippen LogP) is 3.20. The fourth-order valence-corrected chi connectivity index (χ4v) is 5.65. The summed E-state index contributed by atoms with van der Waals surface area (Å²) in [4.78, 5) is 48.1. The zero-order valence-electron chi connectivity index (χ0n) is 21.7. The molecule has 3 amide bonds. The molecule has 1 aromatic carbocycles. The van der Waals surface area contributed by atoms with Gasteiger partial charge in [-0.2, -0.15) is 0 Å². The lowest BCUT2D eigenvalue weighted by atomic mass is 9.89. The highest BCUT2D eigenvalue weighted by Crippen LogP contribution is 2.32. The Morgan fingerprint density at radius 1 is 1.11 bits per heavy atom. The molecule has 1 saturated carbocycles. The van der Waals surface area contributed by atoms with E-state index >= 15 is 0 Å². The molecule has 0 spiro atoms. The summed E-state index contributed by atoms with van der Waals surface area (Å²) in [5.41, 5.74) is 1.01. The predicted molar refractivity (Wildman–Crippen MR) is 140 cm³/mol. The van der Waals surface area contributed by atoms with Gasteiger partial charge in [0.15, 0.2) is 0 Å². The number of aromatic nitrogens is 2. The van der Waals surface area contributed by atoms with Crippen LogP contribution in [0.4, 0.5) is 5.69 Å². The Balaban J connectivity index is 1.20. The van der Waals surface area contributed by atoms with Crippen molar-refractivity contribution in [1.29, 1.82) is 0 Å². The summed E-state index contributed by atoms with van der Waals surface area (Å²) in [5, 5.41) is 5.86. The second-order valence-corrected chi connectivity index (χ2v) is 10.4. The van der Waals surface area contributed by atoms with Crippen molar-refractivity contribution in [2.75, 3.05) is 25.5 Å². The van der Waals surface area contributed by atoms with Gasteiger partial charge in [-0.25, -0.2) is 4.98 Å². The summed E-state index contributed by atoms with van der Waals surface area (Å²) in [6.07, 6.45) is 11.7. The third-order valence-corrected chi connectivity index (χ3v) is 7.79. The Labute approximate surface area is 222 Å². The minimum Gasteiger partial charge on any atom is -0.490 e. The quantitative estimate of drug-likeness (QED) is 0.599. The summed E-state index contributed by atoms with van der Waals surface area (Å²) in [6, 6.07) is 4.80. The van der Waals surface area contributed by atoms with Crippen molar-refractivity contribution in [1.82, 2.24) is 20.2 Å². The highest BCUT2D eigenvalue weighted by Gasteiger charge is 2.39. The fraction of sp³-hybridized carbons (Fsp3) is 0.536. The highest BCUT2D eigenvalue weighted by atomic mass is 16.5. The Hall–Kier alpha value is -3.53. The molecule has 3 aliphatic rings. The van der Waals surface area contributed by atoms with Crippen LogP contribution in [0.15, 0.2) is 36.8 Å². The van der Waals surface area contributed by atoms with Crippen molar-refractivity contribution in [3.8, 4) is 5.75 Å². The van der Waals surface area contributed by atoms with Gasteiger partial charge in [0.25, 0.3) is 11.8 Å². The van der Waals surface area contributed by atoms with Crippen LogP contribution in [-0.2, 0) is 9.53 Å². The SMILES string of the molecule is CN1C(=O)c2cc(NC(=O)c3cnccn3)ccc2OC[C@@H]2O[C@H](CC(=O)NCC3CCCCC3)CC[C@H]21. The number of carbonyl (C=O) groups is 3. The van der Waals surface area contributed by atoms with E-state index in [-0.39, 0.29) is 42.4 Å². The van der Waals surface area contributed by atoms with E-state index in [1.807, 2.05) is 0 Å². The summed E-state index contributed by atoms with van der Waals surface area (Å²) >= 11 is 0. The van der Waals surface area contributed by atoms with Gasteiger partial charge in [-0.1, -0.05) is 19.3 Å². The number of carbonyl (C=O) groups excluding carboxylic acids is 3. The molecule has 2 aliphatic heterocycles.